The highest BCUT2D eigenvalue weighted by Crippen LogP contribution is 2.61. The van der Waals surface area contributed by atoms with E-state index in [-0.39, 0.29) is 28.3 Å². The molecule has 2 atom stereocenters. The molecule has 3 heteroatoms. The summed E-state index contributed by atoms with van der Waals surface area (Å²) in [6.45, 7) is 8.65. The van der Waals surface area contributed by atoms with E-state index < -0.39 is 0 Å². The molecule has 0 aliphatic heterocycles. The van der Waals surface area contributed by atoms with Gasteiger partial charge in [-0.1, -0.05) is 32.8 Å². The summed E-state index contributed by atoms with van der Waals surface area (Å²) in [7, 11) is 0. The van der Waals surface area contributed by atoms with Crippen LogP contribution in [0, 0.1) is 16.7 Å². The van der Waals surface area contributed by atoms with E-state index in [9.17, 15) is 10.2 Å². The van der Waals surface area contributed by atoms with E-state index in [1.54, 1.807) is 12.5 Å². The first-order valence-electron chi connectivity index (χ1n) is 8.61. The summed E-state index contributed by atoms with van der Waals surface area (Å²) < 4.78 is 5.17. The second-order valence-electron chi connectivity index (χ2n) is 8.16. The highest BCUT2D eigenvalue weighted by Gasteiger charge is 2.53. The smallest absolute Gasteiger partial charge is 0.156 e. The van der Waals surface area contributed by atoms with Crippen LogP contribution in [0.25, 0.3) is 0 Å². The van der Waals surface area contributed by atoms with Crippen molar-refractivity contribution in [3.05, 3.63) is 46.8 Å². The maximum Gasteiger partial charge on any atom is 0.156 e. The second kappa shape index (κ2) is 5.47. The van der Waals surface area contributed by atoms with E-state index in [4.69, 9.17) is 4.42 Å². The van der Waals surface area contributed by atoms with Crippen molar-refractivity contribution in [2.45, 2.75) is 59.8 Å². The number of aryl methyl sites for hydroxylation is 1. The van der Waals surface area contributed by atoms with Crippen LogP contribution in [0.3, 0.4) is 0 Å². The zero-order chi connectivity index (χ0) is 16.8. The Morgan fingerprint density at radius 1 is 1.17 bits per heavy atom. The van der Waals surface area contributed by atoms with Crippen molar-refractivity contribution in [2.75, 3.05) is 0 Å². The Kier molecular flexibility index (Phi) is 3.86. The highest BCUT2D eigenvalue weighted by atomic mass is 16.3. The molecule has 1 aromatic heterocycles. The molecule has 1 saturated carbocycles. The zero-order valence-electron chi connectivity index (χ0n) is 14.6. The van der Waals surface area contributed by atoms with Crippen molar-refractivity contribution in [2.24, 2.45) is 16.7 Å². The molecule has 0 saturated heterocycles. The van der Waals surface area contributed by atoms with Crippen LogP contribution in [0.5, 0.6) is 0 Å². The Morgan fingerprint density at radius 2 is 1.91 bits per heavy atom. The third kappa shape index (κ3) is 2.50. The molecular formula is C20H28O3. The van der Waals surface area contributed by atoms with Gasteiger partial charge in [0.25, 0.3) is 0 Å². The van der Waals surface area contributed by atoms with E-state index >= 15 is 0 Å². The summed E-state index contributed by atoms with van der Waals surface area (Å²) in [6, 6.07) is 2.00. The van der Waals surface area contributed by atoms with Crippen LogP contribution in [0.1, 0.15) is 58.9 Å². The highest BCUT2D eigenvalue weighted by molar-refractivity contribution is 5.42. The van der Waals surface area contributed by atoms with Crippen molar-refractivity contribution in [1.29, 1.82) is 0 Å². The van der Waals surface area contributed by atoms with E-state index in [2.05, 4.69) is 20.8 Å². The van der Waals surface area contributed by atoms with Crippen LogP contribution < -0.4 is 0 Å². The van der Waals surface area contributed by atoms with Gasteiger partial charge in [0.15, 0.2) is 5.76 Å². The molecule has 23 heavy (non-hydrogen) atoms. The number of allylic oxidation sites excluding steroid dienone is 3. The summed E-state index contributed by atoms with van der Waals surface area (Å²) in [5, 5.41) is 21.2. The quantitative estimate of drug-likeness (QED) is 0.751. The van der Waals surface area contributed by atoms with Gasteiger partial charge in [0.1, 0.15) is 5.76 Å². The van der Waals surface area contributed by atoms with E-state index in [0.717, 1.165) is 37.7 Å². The molecule has 0 unspecified atom stereocenters. The Bertz CT molecular complexity index is 648. The molecule has 3 rings (SSSR count). The van der Waals surface area contributed by atoms with Gasteiger partial charge in [-0.25, -0.2) is 0 Å². The zero-order valence-corrected chi connectivity index (χ0v) is 14.6. The van der Waals surface area contributed by atoms with Crippen LogP contribution in [0.4, 0.5) is 0 Å². The fourth-order valence-corrected chi connectivity index (χ4v) is 5.14. The Hall–Kier alpha value is -1.64. The first-order chi connectivity index (χ1) is 10.8. The van der Waals surface area contributed by atoms with Gasteiger partial charge in [-0.3, -0.25) is 0 Å². The average molecular weight is 316 g/mol. The molecule has 2 aliphatic rings. The van der Waals surface area contributed by atoms with Gasteiger partial charge in [-0.05, 0) is 60.6 Å². The van der Waals surface area contributed by atoms with Crippen LogP contribution >= 0.6 is 0 Å². The first-order valence-corrected chi connectivity index (χ1v) is 8.61. The molecule has 0 amide bonds. The monoisotopic (exact) mass is 316 g/mol. The third-order valence-corrected chi connectivity index (χ3v) is 6.19. The molecule has 0 radical (unpaired) electrons. The summed E-state index contributed by atoms with van der Waals surface area (Å²) in [5.74, 6) is 0.290. The SMILES string of the molecule is CC1=C(CCc2ccoc2)[C@@]2(C)CCCC(C)(C)[C@@H]2C(O)=C1O. The molecule has 2 aliphatic carbocycles. The molecule has 1 fully saturated rings. The Labute approximate surface area is 138 Å². The van der Waals surface area contributed by atoms with E-state index in [0.29, 0.717) is 0 Å². The van der Waals surface area contributed by atoms with Crippen LogP contribution in [-0.2, 0) is 6.42 Å². The lowest BCUT2D eigenvalue weighted by atomic mass is 9.50. The fourth-order valence-electron chi connectivity index (χ4n) is 5.14. The van der Waals surface area contributed by atoms with Crippen LogP contribution in [0.2, 0.25) is 0 Å². The molecule has 0 aromatic carbocycles. The minimum Gasteiger partial charge on any atom is -0.508 e. The third-order valence-electron chi connectivity index (χ3n) is 6.19. The van der Waals surface area contributed by atoms with Crippen molar-refractivity contribution in [1.82, 2.24) is 0 Å². The lowest BCUT2D eigenvalue weighted by molar-refractivity contribution is 0.0114. The predicted octanol–water partition coefficient (Wildman–Crippen LogP) is 5.70. The second-order valence-corrected chi connectivity index (χ2v) is 8.16. The normalized spacial score (nSPS) is 30.5. The lowest BCUT2D eigenvalue weighted by Gasteiger charge is -2.54. The van der Waals surface area contributed by atoms with E-state index in [1.807, 2.05) is 13.0 Å². The van der Waals surface area contributed by atoms with Gasteiger partial charge >= 0.3 is 0 Å². The largest absolute Gasteiger partial charge is 0.508 e. The van der Waals surface area contributed by atoms with Gasteiger partial charge < -0.3 is 14.6 Å². The van der Waals surface area contributed by atoms with Crippen molar-refractivity contribution in [3.8, 4) is 0 Å². The maximum absolute atomic E-state index is 10.7. The number of aliphatic hydroxyl groups is 2. The molecule has 126 valence electrons. The van der Waals surface area contributed by atoms with Gasteiger partial charge in [-0.2, -0.15) is 0 Å². The molecule has 3 nitrogen and oxygen atoms in total. The number of furan rings is 1. The topological polar surface area (TPSA) is 53.6 Å². The fraction of sp³-hybridized carbons (Fsp3) is 0.600. The van der Waals surface area contributed by atoms with Crippen LogP contribution in [-0.4, -0.2) is 10.2 Å². The Balaban J connectivity index is 2.01. The summed E-state index contributed by atoms with van der Waals surface area (Å²) >= 11 is 0. The maximum atomic E-state index is 10.7. The number of aliphatic hydroxyl groups excluding tert-OH is 2. The standard InChI is InChI=1S/C20H28O3/c1-13-15(7-6-14-8-11-23-12-14)20(4)10-5-9-19(2,3)18(20)17(22)16(13)21/h8,11-12,18,21-22H,5-7,9-10H2,1-4H3/t18-,20+/m0/s1. The number of fused-ring (bicyclic) bond motifs is 1. The molecule has 2 N–H and O–H groups in total. The van der Waals surface area contributed by atoms with Gasteiger partial charge in [0.05, 0.1) is 12.5 Å². The predicted molar refractivity (Wildman–Crippen MR) is 91.2 cm³/mol. The molecule has 1 heterocycles. The summed E-state index contributed by atoms with van der Waals surface area (Å²) in [4.78, 5) is 0. The molecule has 1 aromatic rings. The molecule has 0 spiro atoms. The minimum absolute atomic E-state index is 0.00729. The molecular weight excluding hydrogens is 288 g/mol. The van der Waals surface area contributed by atoms with Crippen LogP contribution in [0.15, 0.2) is 45.7 Å². The van der Waals surface area contributed by atoms with Gasteiger partial charge in [-0.15, -0.1) is 0 Å². The number of rotatable bonds is 3. The van der Waals surface area contributed by atoms with Crippen molar-refractivity contribution < 1.29 is 14.6 Å². The number of hydrogen-bond donors (Lipinski definition) is 2. The summed E-state index contributed by atoms with van der Waals surface area (Å²) in [6.07, 6.45) is 8.60. The Morgan fingerprint density at radius 3 is 2.57 bits per heavy atom. The molecule has 0 bridgehead atoms. The summed E-state index contributed by atoms with van der Waals surface area (Å²) in [5.41, 5.74) is 3.26. The van der Waals surface area contributed by atoms with E-state index in [1.165, 1.54) is 11.1 Å². The number of hydrogen-bond acceptors (Lipinski definition) is 3. The van der Waals surface area contributed by atoms with Crippen molar-refractivity contribution in [3.63, 3.8) is 0 Å². The van der Waals surface area contributed by atoms with Gasteiger partial charge in [0, 0.05) is 5.92 Å². The minimum atomic E-state index is -0.0775. The van der Waals surface area contributed by atoms with Gasteiger partial charge in [0.2, 0.25) is 0 Å². The average Bonchev–Trinajstić information content (AvgIpc) is 2.97. The first kappa shape index (κ1) is 16.2. The van der Waals surface area contributed by atoms with Crippen molar-refractivity contribution >= 4 is 0 Å². The lowest BCUT2D eigenvalue weighted by Crippen LogP contribution is -2.47.